The van der Waals surface area contributed by atoms with Gasteiger partial charge in [0.1, 0.15) is 48.8 Å². The lowest BCUT2D eigenvalue weighted by atomic mass is 9.97. The summed E-state index contributed by atoms with van der Waals surface area (Å²) >= 11 is 0. The number of amides is 1. The van der Waals surface area contributed by atoms with Crippen LogP contribution in [0.2, 0.25) is 0 Å². The Morgan fingerprint density at radius 2 is 1.05 bits per heavy atom. The Kier molecular flexibility index (Phi) is 28.7. The third-order valence-corrected chi connectivity index (χ3v) is 11.3. The zero-order valence-corrected chi connectivity index (χ0v) is 35.1. The van der Waals surface area contributed by atoms with Crippen molar-refractivity contribution >= 4 is 5.91 Å². The first-order valence-corrected chi connectivity index (χ1v) is 22.4. The summed E-state index contributed by atoms with van der Waals surface area (Å²) in [5.41, 5.74) is 0. The van der Waals surface area contributed by atoms with E-state index in [-0.39, 0.29) is 6.61 Å². The molecule has 0 aromatic heterocycles. The fourth-order valence-electron chi connectivity index (χ4n) is 7.62. The van der Waals surface area contributed by atoms with Crippen LogP contribution in [0.25, 0.3) is 0 Å². The largest absolute Gasteiger partial charge is 0.394 e. The molecule has 1 amide bonds. The van der Waals surface area contributed by atoms with Crippen LogP contribution in [0.5, 0.6) is 0 Å². The third kappa shape index (κ3) is 20.7. The Balaban J connectivity index is 1.57. The summed E-state index contributed by atoms with van der Waals surface area (Å²) in [6.45, 7) is 1.84. The number of nitrogens with one attached hydrogen (secondary N) is 1. The van der Waals surface area contributed by atoms with Gasteiger partial charge >= 0.3 is 0 Å². The van der Waals surface area contributed by atoms with E-state index in [4.69, 9.17) is 18.9 Å². The molecule has 14 heteroatoms. The highest BCUT2D eigenvalue weighted by Crippen LogP contribution is 2.30. The van der Waals surface area contributed by atoms with Crippen LogP contribution in [0, 0.1) is 0 Å². The van der Waals surface area contributed by atoms with E-state index in [0.29, 0.717) is 0 Å². The smallest absolute Gasteiger partial charge is 0.217 e. The maximum atomic E-state index is 11.9. The number of aliphatic hydroxyl groups excluding tert-OH is 8. The minimum absolute atomic E-state index is 0.310. The number of carbonyl (C=O) groups is 1. The van der Waals surface area contributed by atoms with Gasteiger partial charge in [0.15, 0.2) is 12.6 Å². The van der Waals surface area contributed by atoms with Crippen LogP contribution in [-0.2, 0) is 23.7 Å². The molecule has 14 nitrogen and oxygen atoms in total. The van der Waals surface area contributed by atoms with Gasteiger partial charge in [-0.05, 0) is 12.8 Å². The Morgan fingerprint density at radius 1 is 0.614 bits per heavy atom. The fourth-order valence-corrected chi connectivity index (χ4v) is 7.62. The molecular weight excluding hydrogens is 738 g/mol. The second-order valence-electron chi connectivity index (χ2n) is 16.3. The van der Waals surface area contributed by atoms with Gasteiger partial charge in [-0.1, -0.05) is 154 Å². The molecule has 2 aliphatic heterocycles. The number of hydrogen-bond acceptors (Lipinski definition) is 13. The van der Waals surface area contributed by atoms with E-state index in [9.17, 15) is 45.6 Å². The van der Waals surface area contributed by atoms with Crippen molar-refractivity contribution in [2.75, 3.05) is 19.8 Å². The van der Waals surface area contributed by atoms with E-state index in [0.717, 1.165) is 19.3 Å². The second kappa shape index (κ2) is 31.6. The van der Waals surface area contributed by atoms with Gasteiger partial charge in [0.2, 0.25) is 5.91 Å². The predicted molar refractivity (Wildman–Crippen MR) is 217 cm³/mol. The molecule has 12 unspecified atom stereocenters. The lowest BCUT2D eigenvalue weighted by Crippen LogP contribution is -2.65. The standard InChI is InChI=1S/C43H81NO13/c1-3-4-5-6-7-8-9-10-11-12-13-14-15-16-17-18-19-20-21-22-23-24-25-26-27-33(48)32(44-31(2)47)30-54-42-40(53)38(51)41(35(29-46)56-42)57-43-39(52)37(50)36(49)34(28-45)55-43/h26-27,32-43,45-46,48-53H,3-25,28-30H2,1-2H3,(H,44,47)/b27-26+. The van der Waals surface area contributed by atoms with E-state index in [1.54, 1.807) is 6.08 Å². The lowest BCUT2D eigenvalue weighted by Gasteiger charge is -2.46. The summed E-state index contributed by atoms with van der Waals surface area (Å²) in [5.74, 6) is -0.415. The van der Waals surface area contributed by atoms with Crippen LogP contribution in [0.1, 0.15) is 162 Å². The van der Waals surface area contributed by atoms with Crippen molar-refractivity contribution < 1.29 is 64.6 Å². The van der Waals surface area contributed by atoms with E-state index in [1.807, 2.05) is 6.08 Å². The van der Waals surface area contributed by atoms with Crippen LogP contribution in [-0.4, -0.2) is 140 Å². The topological polar surface area (TPSA) is 228 Å². The van der Waals surface area contributed by atoms with Crippen molar-refractivity contribution in [1.82, 2.24) is 5.32 Å². The highest BCUT2D eigenvalue weighted by Gasteiger charge is 2.50. The molecule has 2 saturated heterocycles. The normalized spacial score (nSPS) is 29.2. The van der Waals surface area contributed by atoms with Crippen LogP contribution in [0.15, 0.2) is 12.2 Å². The van der Waals surface area contributed by atoms with E-state index < -0.39 is 92.7 Å². The van der Waals surface area contributed by atoms with Gasteiger partial charge in [-0.15, -0.1) is 0 Å². The number of rotatable bonds is 33. The van der Waals surface area contributed by atoms with Crippen molar-refractivity contribution in [1.29, 1.82) is 0 Å². The quantitative estimate of drug-likeness (QED) is 0.0337. The number of allylic oxidation sites excluding steroid dienone is 1. The fraction of sp³-hybridized carbons (Fsp3) is 0.930. The van der Waals surface area contributed by atoms with Crippen LogP contribution in [0.3, 0.4) is 0 Å². The molecule has 12 atom stereocenters. The predicted octanol–water partition coefficient (Wildman–Crippen LogP) is 4.04. The molecule has 0 saturated carbocycles. The number of carbonyl (C=O) groups excluding carboxylic acids is 1. The molecule has 0 aromatic carbocycles. The summed E-state index contributed by atoms with van der Waals surface area (Å²) in [5, 5.41) is 84.9. The first kappa shape index (κ1) is 51.9. The molecule has 0 spiro atoms. The second-order valence-corrected chi connectivity index (χ2v) is 16.3. The summed E-state index contributed by atoms with van der Waals surface area (Å²) in [7, 11) is 0. The van der Waals surface area contributed by atoms with Crippen molar-refractivity contribution in [2.45, 2.75) is 235 Å². The minimum Gasteiger partial charge on any atom is -0.394 e. The number of ether oxygens (including phenoxy) is 4. The van der Waals surface area contributed by atoms with Crippen molar-refractivity contribution in [3.8, 4) is 0 Å². The number of unbranched alkanes of at least 4 members (excludes halogenated alkanes) is 22. The molecule has 0 bridgehead atoms. The molecule has 0 aliphatic carbocycles. The van der Waals surface area contributed by atoms with E-state index in [1.165, 1.54) is 135 Å². The van der Waals surface area contributed by atoms with Gasteiger partial charge in [0.05, 0.1) is 32.0 Å². The Bertz CT molecular complexity index is 1020. The zero-order valence-electron chi connectivity index (χ0n) is 35.1. The maximum Gasteiger partial charge on any atom is 0.217 e. The summed E-state index contributed by atoms with van der Waals surface area (Å²) in [6, 6.07) is -0.910. The minimum atomic E-state index is -1.78. The molecule has 0 radical (unpaired) electrons. The zero-order chi connectivity index (χ0) is 41.8. The van der Waals surface area contributed by atoms with Crippen LogP contribution >= 0.6 is 0 Å². The summed E-state index contributed by atoms with van der Waals surface area (Å²) in [4.78, 5) is 11.9. The molecule has 57 heavy (non-hydrogen) atoms. The molecule has 336 valence electrons. The lowest BCUT2D eigenvalue weighted by molar-refractivity contribution is -0.359. The first-order chi connectivity index (χ1) is 27.5. The highest BCUT2D eigenvalue weighted by atomic mass is 16.7. The Hall–Kier alpha value is -1.27. The number of aliphatic hydroxyl groups is 8. The van der Waals surface area contributed by atoms with Crippen molar-refractivity contribution in [3.63, 3.8) is 0 Å². The molecule has 2 fully saturated rings. The van der Waals surface area contributed by atoms with Gasteiger partial charge in [-0.2, -0.15) is 0 Å². The molecule has 2 heterocycles. The first-order valence-electron chi connectivity index (χ1n) is 22.4. The highest BCUT2D eigenvalue weighted by molar-refractivity contribution is 5.73. The van der Waals surface area contributed by atoms with Gasteiger partial charge in [-0.3, -0.25) is 4.79 Å². The SMILES string of the molecule is CCCCCCCCCCCCCCCCCCCCCCCC/C=C/C(O)C(COC1OC(CO)C(OC2OC(CO)C(O)C(O)C2O)C(O)C1O)NC(C)=O. The summed E-state index contributed by atoms with van der Waals surface area (Å²) < 4.78 is 22.2. The van der Waals surface area contributed by atoms with Gasteiger partial charge < -0.3 is 65.1 Å². The van der Waals surface area contributed by atoms with Gasteiger partial charge in [0.25, 0.3) is 0 Å². The van der Waals surface area contributed by atoms with Gasteiger partial charge in [0, 0.05) is 6.92 Å². The monoisotopic (exact) mass is 820 g/mol. The number of hydrogen-bond donors (Lipinski definition) is 9. The molecule has 0 aromatic rings. The maximum absolute atomic E-state index is 11.9. The Morgan fingerprint density at radius 3 is 1.51 bits per heavy atom. The average Bonchev–Trinajstić information content (AvgIpc) is 3.20. The van der Waals surface area contributed by atoms with Gasteiger partial charge in [-0.25, -0.2) is 0 Å². The molecule has 9 N–H and O–H groups in total. The Labute approximate surface area is 342 Å². The van der Waals surface area contributed by atoms with Crippen LogP contribution in [0.4, 0.5) is 0 Å². The van der Waals surface area contributed by atoms with E-state index in [2.05, 4.69) is 12.2 Å². The molecule has 2 aliphatic rings. The molecule has 2 rings (SSSR count). The average molecular weight is 820 g/mol. The van der Waals surface area contributed by atoms with Crippen molar-refractivity contribution in [3.05, 3.63) is 12.2 Å². The van der Waals surface area contributed by atoms with E-state index >= 15 is 0 Å². The third-order valence-electron chi connectivity index (χ3n) is 11.3. The van der Waals surface area contributed by atoms with Crippen molar-refractivity contribution in [2.24, 2.45) is 0 Å². The molecular formula is C43H81NO13. The summed E-state index contributed by atoms with van der Waals surface area (Å²) in [6.07, 6.45) is 16.6. The van der Waals surface area contributed by atoms with Crippen LogP contribution < -0.4 is 5.32 Å².